The van der Waals surface area contributed by atoms with Crippen molar-refractivity contribution in [1.29, 1.82) is 0 Å². The molecular weight excluding hydrogens is 172 g/mol. The summed E-state index contributed by atoms with van der Waals surface area (Å²) in [5.41, 5.74) is 0. The van der Waals surface area contributed by atoms with E-state index in [1.165, 1.54) is 38.1 Å². The Morgan fingerprint density at radius 3 is 3.08 bits per heavy atom. The number of aliphatic imine (C=N–C) groups is 1. The lowest BCUT2D eigenvalue weighted by Crippen LogP contribution is -2.13. The summed E-state index contributed by atoms with van der Waals surface area (Å²) in [6.07, 6.45) is 4.66. The standard InChI is InChI=1S/C8H14N2OS/c1-7(11)10-12-8-5-3-2-4-6-9-8/h2-6H2,1H3,(H,10,11). The molecule has 12 heavy (non-hydrogen) atoms. The Bertz CT molecular complexity index is 191. The van der Waals surface area contributed by atoms with Crippen molar-refractivity contribution < 1.29 is 4.79 Å². The molecule has 1 rings (SSSR count). The molecule has 0 aromatic carbocycles. The summed E-state index contributed by atoms with van der Waals surface area (Å²) in [6.45, 7) is 2.44. The molecule has 0 unspecified atom stereocenters. The lowest BCUT2D eigenvalue weighted by molar-refractivity contribution is -0.117. The maximum atomic E-state index is 10.6. The second-order valence-electron chi connectivity index (χ2n) is 2.85. The van der Waals surface area contributed by atoms with Gasteiger partial charge in [-0.1, -0.05) is 6.42 Å². The van der Waals surface area contributed by atoms with Gasteiger partial charge in [0, 0.05) is 25.4 Å². The summed E-state index contributed by atoms with van der Waals surface area (Å²) in [5.74, 6) is -0.00746. The molecule has 0 radical (unpaired) electrons. The van der Waals surface area contributed by atoms with E-state index in [0.29, 0.717) is 0 Å². The smallest absolute Gasteiger partial charge is 0.226 e. The average Bonchev–Trinajstić information content (AvgIpc) is 2.28. The van der Waals surface area contributed by atoms with Gasteiger partial charge in [-0.05, 0) is 19.3 Å². The van der Waals surface area contributed by atoms with E-state index >= 15 is 0 Å². The van der Waals surface area contributed by atoms with Crippen molar-refractivity contribution in [3.63, 3.8) is 0 Å². The van der Waals surface area contributed by atoms with Gasteiger partial charge in [-0.2, -0.15) is 0 Å². The Labute approximate surface area is 77.2 Å². The van der Waals surface area contributed by atoms with Crippen LogP contribution in [0.1, 0.15) is 32.6 Å². The molecule has 1 aliphatic heterocycles. The van der Waals surface area contributed by atoms with E-state index in [9.17, 15) is 4.79 Å². The lowest BCUT2D eigenvalue weighted by Gasteiger charge is -2.01. The topological polar surface area (TPSA) is 41.5 Å². The molecule has 3 nitrogen and oxygen atoms in total. The summed E-state index contributed by atoms with van der Waals surface area (Å²) >= 11 is 1.37. The number of hydrogen-bond acceptors (Lipinski definition) is 3. The minimum Gasteiger partial charge on any atom is -0.295 e. The molecule has 1 N–H and O–H groups in total. The van der Waals surface area contributed by atoms with Crippen LogP contribution in [0.4, 0.5) is 0 Å². The molecule has 0 bridgehead atoms. The third-order valence-corrected chi connectivity index (χ3v) is 2.61. The zero-order chi connectivity index (χ0) is 8.81. The van der Waals surface area contributed by atoms with Crippen LogP contribution in [0.5, 0.6) is 0 Å². The average molecular weight is 186 g/mol. The van der Waals surface area contributed by atoms with Crippen LogP contribution in [0.3, 0.4) is 0 Å². The van der Waals surface area contributed by atoms with Crippen molar-refractivity contribution in [3.05, 3.63) is 0 Å². The van der Waals surface area contributed by atoms with Gasteiger partial charge in [0.25, 0.3) is 0 Å². The van der Waals surface area contributed by atoms with Gasteiger partial charge in [0.2, 0.25) is 5.91 Å². The van der Waals surface area contributed by atoms with E-state index in [4.69, 9.17) is 0 Å². The number of rotatable bonds is 0. The van der Waals surface area contributed by atoms with Gasteiger partial charge in [0.05, 0.1) is 5.04 Å². The summed E-state index contributed by atoms with van der Waals surface area (Å²) < 4.78 is 2.69. The first-order valence-corrected chi connectivity index (χ1v) is 5.07. The highest BCUT2D eigenvalue weighted by atomic mass is 32.2. The van der Waals surface area contributed by atoms with Crippen LogP contribution in [0, 0.1) is 0 Å². The third kappa shape index (κ3) is 3.76. The first kappa shape index (κ1) is 9.58. The van der Waals surface area contributed by atoms with Crippen molar-refractivity contribution in [2.24, 2.45) is 4.99 Å². The molecule has 0 saturated heterocycles. The molecule has 1 heterocycles. The molecule has 0 saturated carbocycles. The fraction of sp³-hybridized carbons (Fsp3) is 0.750. The Kier molecular flexibility index (Phi) is 4.14. The molecule has 4 heteroatoms. The highest BCUT2D eigenvalue weighted by Gasteiger charge is 2.04. The maximum absolute atomic E-state index is 10.6. The summed E-state index contributed by atoms with van der Waals surface area (Å²) in [4.78, 5) is 14.9. The molecule has 1 amide bonds. The molecule has 0 aromatic heterocycles. The van der Waals surface area contributed by atoms with Gasteiger partial charge in [0.1, 0.15) is 0 Å². The number of nitrogens with zero attached hydrogens (tertiary/aromatic N) is 1. The Morgan fingerprint density at radius 2 is 2.33 bits per heavy atom. The van der Waals surface area contributed by atoms with Crippen LogP contribution in [0.25, 0.3) is 0 Å². The number of nitrogens with one attached hydrogen (secondary N) is 1. The summed E-state index contributed by atoms with van der Waals surface area (Å²) in [6, 6.07) is 0. The molecule has 68 valence electrons. The van der Waals surface area contributed by atoms with Crippen LogP contribution in [-0.4, -0.2) is 17.5 Å². The Hall–Kier alpha value is -0.510. The van der Waals surface area contributed by atoms with Gasteiger partial charge in [0.15, 0.2) is 0 Å². The molecule has 0 aliphatic carbocycles. The van der Waals surface area contributed by atoms with Crippen LogP contribution < -0.4 is 4.72 Å². The number of hydrogen-bond donors (Lipinski definition) is 1. The van der Waals surface area contributed by atoms with Crippen molar-refractivity contribution >= 4 is 22.9 Å². The predicted octanol–water partition coefficient (Wildman–Crippen LogP) is 1.74. The first-order chi connectivity index (χ1) is 5.79. The van der Waals surface area contributed by atoms with E-state index in [-0.39, 0.29) is 5.91 Å². The highest BCUT2D eigenvalue weighted by molar-refractivity contribution is 8.12. The minimum atomic E-state index is -0.00746. The monoisotopic (exact) mass is 186 g/mol. The SMILES string of the molecule is CC(=O)NSC1=NCCCCC1. The van der Waals surface area contributed by atoms with Gasteiger partial charge in [-0.15, -0.1) is 0 Å². The van der Waals surface area contributed by atoms with Crippen LogP contribution >= 0.6 is 11.9 Å². The molecule has 0 fully saturated rings. The Morgan fingerprint density at radius 1 is 1.50 bits per heavy atom. The number of carbonyl (C=O) groups excluding carboxylic acids is 1. The number of carbonyl (C=O) groups is 1. The van der Waals surface area contributed by atoms with E-state index < -0.39 is 0 Å². The molecule has 0 spiro atoms. The zero-order valence-electron chi connectivity index (χ0n) is 7.30. The van der Waals surface area contributed by atoms with E-state index in [1.54, 1.807) is 0 Å². The normalized spacial score (nSPS) is 17.9. The minimum absolute atomic E-state index is 0.00746. The number of amides is 1. The van der Waals surface area contributed by atoms with E-state index in [2.05, 4.69) is 9.71 Å². The molecule has 0 atom stereocenters. The fourth-order valence-electron chi connectivity index (χ4n) is 1.06. The van der Waals surface area contributed by atoms with Crippen LogP contribution in [0.15, 0.2) is 4.99 Å². The predicted molar refractivity (Wildman–Crippen MR) is 52.2 cm³/mol. The maximum Gasteiger partial charge on any atom is 0.226 e. The van der Waals surface area contributed by atoms with Crippen LogP contribution in [0.2, 0.25) is 0 Å². The van der Waals surface area contributed by atoms with E-state index in [1.807, 2.05) is 0 Å². The third-order valence-electron chi connectivity index (χ3n) is 1.65. The van der Waals surface area contributed by atoms with Crippen LogP contribution in [-0.2, 0) is 4.79 Å². The first-order valence-electron chi connectivity index (χ1n) is 4.26. The van der Waals surface area contributed by atoms with Gasteiger partial charge in [-0.3, -0.25) is 14.5 Å². The van der Waals surface area contributed by atoms with Crippen molar-refractivity contribution in [2.45, 2.75) is 32.6 Å². The molecule has 0 aromatic rings. The Balaban J connectivity index is 2.28. The quantitative estimate of drug-likeness (QED) is 0.585. The van der Waals surface area contributed by atoms with Crippen molar-refractivity contribution in [2.75, 3.05) is 6.54 Å². The largest absolute Gasteiger partial charge is 0.295 e. The highest BCUT2D eigenvalue weighted by Crippen LogP contribution is 2.13. The van der Waals surface area contributed by atoms with Crippen molar-refractivity contribution in [1.82, 2.24) is 4.72 Å². The molecular formula is C8H14N2OS. The fourth-order valence-corrected chi connectivity index (χ4v) is 1.73. The van der Waals surface area contributed by atoms with Gasteiger partial charge >= 0.3 is 0 Å². The molecule has 1 aliphatic rings. The second-order valence-corrected chi connectivity index (χ2v) is 3.73. The van der Waals surface area contributed by atoms with E-state index in [0.717, 1.165) is 18.0 Å². The van der Waals surface area contributed by atoms with Gasteiger partial charge in [-0.25, -0.2) is 0 Å². The van der Waals surface area contributed by atoms with Crippen molar-refractivity contribution in [3.8, 4) is 0 Å². The second kappa shape index (κ2) is 5.19. The lowest BCUT2D eigenvalue weighted by atomic mass is 10.2. The summed E-state index contributed by atoms with van der Waals surface area (Å²) in [7, 11) is 0. The summed E-state index contributed by atoms with van der Waals surface area (Å²) in [5, 5.41) is 1.07. The van der Waals surface area contributed by atoms with Gasteiger partial charge < -0.3 is 0 Å². The zero-order valence-corrected chi connectivity index (χ0v) is 8.12.